The summed E-state index contributed by atoms with van der Waals surface area (Å²) in [7, 11) is 0. The molecule has 1 aliphatic heterocycles. The van der Waals surface area contributed by atoms with Gasteiger partial charge in [-0.1, -0.05) is 6.07 Å². The normalized spacial score (nSPS) is 19.0. The first kappa shape index (κ1) is 10.8. The number of alkyl carbamates (subject to hydrolysis) is 1. The zero-order valence-electron chi connectivity index (χ0n) is 8.40. The third-order valence-corrected chi connectivity index (χ3v) is 2.65. The SMILES string of the molecule is Cl.O=C1N[C@H](c2ccc3[nH]ccc3c2)CO1. The second kappa shape index (κ2) is 4.06. The highest BCUT2D eigenvalue weighted by Gasteiger charge is 2.23. The molecule has 1 atom stereocenters. The van der Waals surface area contributed by atoms with Crippen molar-refractivity contribution in [3.63, 3.8) is 0 Å². The first-order valence-corrected chi connectivity index (χ1v) is 4.83. The van der Waals surface area contributed by atoms with Crippen LogP contribution in [0.4, 0.5) is 4.79 Å². The summed E-state index contributed by atoms with van der Waals surface area (Å²) in [6, 6.07) is 8.06. The van der Waals surface area contributed by atoms with Crippen molar-refractivity contribution in [1.29, 1.82) is 0 Å². The third kappa shape index (κ3) is 1.72. The fraction of sp³-hybridized carbons (Fsp3) is 0.182. The molecule has 5 heteroatoms. The van der Waals surface area contributed by atoms with Crippen molar-refractivity contribution in [1.82, 2.24) is 10.3 Å². The minimum atomic E-state index is -0.339. The Morgan fingerprint density at radius 3 is 2.94 bits per heavy atom. The van der Waals surface area contributed by atoms with E-state index in [9.17, 15) is 4.79 Å². The number of hydrogen-bond acceptors (Lipinski definition) is 2. The maximum Gasteiger partial charge on any atom is 0.407 e. The van der Waals surface area contributed by atoms with E-state index in [-0.39, 0.29) is 24.5 Å². The molecule has 0 saturated carbocycles. The molecule has 1 aliphatic rings. The van der Waals surface area contributed by atoms with Crippen LogP contribution in [0.5, 0.6) is 0 Å². The fourth-order valence-corrected chi connectivity index (χ4v) is 1.85. The number of fused-ring (bicyclic) bond motifs is 1. The zero-order valence-corrected chi connectivity index (χ0v) is 9.21. The molecule has 16 heavy (non-hydrogen) atoms. The van der Waals surface area contributed by atoms with E-state index in [4.69, 9.17) is 4.74 Å². The number of carbonyl (C=O) groups is 1. The van der Waals surface area contributed by atoms with E-state index in [1.807, 2.05) is 24.4 Å². The minimum absolute atomic E-state index is 0. The van der Waals surface area contributed by atoms with E-state index in [1.165, 1.54) is 0 Å². The molecule has 4 nitrogen and oxygen atoms in total. The summed E-state index contributed by atoms with van der Waals surface area (Å²) in [5, 5.41) is 3.90. The number of amides is 1. The lowest BCUT2D eigenvalue weighted by Crippen LogP contribution is -2.18. The van der Waals surface area contributed by atoms with Crippen LogP contribution in [-0.2, 0) is 4.74 Å². The van der Waals surface area contributed by atoms with Gasteiger partial charge in [-0.25, -0.2) is 4.79 Å². The topological polar surface area (TPSA) is 54.1 Å². The van der Waals surface area contributed by atoms with Crippen LogP contribution in [-0.4, -0.2) is 17.7 Å². The van der Waals surface area contributed by atoms with Crippen molar-refractivity contribution < 1.29 is 9.53 Å². The summed E-state index contributed by atoms with van der Waals surface area (Å²) in [5.41, 5.74) is 2.18. The fourth-order valence-electron chi connectivity index (χ4n) is 1.85. The third-order valence-electron chi connectivity index (χ3n) is 2.65. The molecule has 2 heterocycles. The smallest absolute Gasteiger partial charge is 0.407 e. The van der Waals surface area contributed by atoms with Crippen molar-refractivity contribution >= 4 is 29.4 Å². The summed E-state index contributed by atoms with van der Waals surface area (Å²) in [4.78, 5) is 14.0. The molecule has 2 aromatic rings. The van der Waals surface area contributed by atoms with Crippen LogP contribution in [0, 0.1) is 0 Å². The van der Waals surface area contributed by atoms with Gasteiger partial charge >= 0.3 is 6.09 Å². The standard InChI is InChI=1S/C11H10N2O2.ClH/c14-11-13-10(6-15-11)7-1-2-9-8(5-7)3-4-12-9;/h1-5,10,12H,6H2,(H,13,14);1H/t10-;/m0./s1. The summed E-state index contributed by atoms with van der Waals surface area (Å²) in [6.45, 7) is 0.411. The average molecular weight is 239 g/mol. The van der Waals surface area contributed by atoms with E-state index in [1.54, 1.807) is 0 Å². The van der Waals surface area contributed by atoms with Crippen molar-refractivity contribution in [3.05, 3.63) is 36.0 Å². The number of cyclic esters (lactones) is 1. The highest BCUT2D eigenvalue weighted by Crippen LogP contribution is 2.22. The van der Waals surface area contributed by atoms with Gasteiger partial charge in [0.1, 0.15) is 6.61 Å². The van der Waals surface area contributed by atoms with Crippen molar-refractivity contribution in [2.45, 2.75) is 6.04 Å². The quantitative estimate of drug-likeness (QED) is 0.802. The summed E-state index contributed by atoms with van der Waals surface area (Å²) < 4.78 is 4.86. The maximum absolute atomic E-state index is 10.9. The monoisotopic (exact) mass is 238 g/mol. The first-order chi connectivity index (χ1) is 7.33. The van der Waals surface area contributed by atoms with Crippen LogP contribution < -0.4 is 5.32 Å². The van der Waals surface area contributed by atoms with E-state index in [0.29, 0.717) is 6.61 Å². The number of aromatic amines is 1. The van der Waals surface area contributed by atoms with Crippen LogP contribution in [0.3, 0.4) is 0 Å². The molecular weight excluding hydrogens is 228 g/mol. The number of H-pyrrole nitrogens is 1. The molecule has 0 unspecified atom stereocenters. The highest BCUT2D eigenvalue weighted by molar-refractivity contribution is 5.85. The summed E-state index contributed by atoms with van der Waals surface area (Å²) in [5.74, 6) is 0. The van der Waals surface area contributed by atoms with Gasteiger partial charge < -0.3 is 15.0 Å². The van der Waals surface area contributed by atoms with Gasteiger partial charge in [-0.05, 0) is 29.1 Å². The summed E-state index contributed by atoms with van der Waals surface area (Å²) >= 11 is 0. The number of aromatic nitrogens is 1. The van der Waals surface area contributed by atoms with Crippen LogP contribution in [0.25, 0.3) is 10.9 Å². The molecule has 2 N–H and O–H groups in total. The minimum Gasteiger partial charge on any atom is -0.447 e. The lowest BCUT2D eigenvalue weighted by Gasteiger charge is -2.07. The lowest BCUT2D eigenvalue weighted by atomic mass is 10.1. The predicted octanol–water partition coefficient (Wildman–Crippen LogP) is 2.37. The van der Waals surface area contributed by atoms with Crippen molar-refractivity contribution in [2.75, 3.05) is 6.61 Å². The molecule has 1 amide bonds. The Morgan fingerprint density at radius 1 is 1.31 bits per heavy atom. The molecule has 0 spiro atoms. The van der Waals surface area contributed by atoms with Crippen LogP contribution in [0.1, 0.15) is 11.6 Å². The predicted molar refractivity (Wildman–Crippen MR) is 62.8 cm³/mol. The Balaban J connectivity index is 0.000000963. The molecule has 3 rings (SSSR count). The number of carbonyl (C=O) groups excluding carboxylic acids is 1. The molecule has 0 bridgehead atoms. The van der Waals surface area contributed by atoms with Crippen molar-refractivity contribution in [3.8, 4) is 0 Å². The zero-order chi connectivity index (χ0) is 10.3. The van der Waals surface area contributed by atoms with Gasteiger partial charge in [-0.15, -0.1) is 12.4 Å². The van der Waals surface area contributed by atoms with Crippen LogP contribution >= 0.6 is 12.4 Å². The van der Waals surface area contributed by atoms with Gasteiger partial charge in [0, 0.05) is 11.7 Å². The largest absolute Gasteiger partial charge is 0.447 e. The van der Waals surface area contributed by atoms with Crippen molar-refractivity contribution in [2.24, 2.45) is 0 Å². The van der Waals surface area contributed by atoms with Crippen LogP contribution in [0.15, 0.2) is 30.5 Å². The Labute approximate surface area is 98.4 Å². The number of benzene rings is 1. The Hall–Kier alpha value is -1.68. The van der Waals surface area contributed by atoms with Gasteiger partial charge in [0.2, 0.25) is 0 Å². The first-order valence-electron chi connectivity index (χ1n) is 4.83. The van der Waals surface area contributed by atoms with E-state index in [0.717, 1.165) is 16.5 Å². The number of hydrogen-bond donors (Lipinski definition) is 2. The Morgan fingerprint density at radius 2 is 2.19 bits per heavy atom. The Kier molecular flexibility index (Phi) is 2.75. The van der Waals surface area contributed by atoms with Crippen LogP contribution in [0.2, 0.25) is 0 Å². The maximum atomic E-state index is 10.9. The van der Waals surface area contributed by atoms with E-state index < -0.39 is 0 Å². The molecule has 1 aromatic heterocycles. The molecular formula is C11H11ClN2O2. The Bertz CT molecular complexity index is 523. The molecule has 0 aliphatic carbocycles. The number of halogens is 1. The molecule has 1 aromatic carbocycles. The van der Waals surface area contributed by atoms with Gasteiger partial charge in [0.05, 0.1) is 6.04 Å². The average Bonchev–Trinajstić information content (AvgIpc) is 2.84. The number of ether oxygens (including phenoxy) is 1. The molecule has 1 fully saturated rings. The molecule has 84 valence electrons. The van der Waals surface area contributed by atoms with E-state index >= 15 is 0 Å². The van der Waals surface area contributed by atoms with Gasteiger partial charge in [0.15, 0.2) is 0 Å². The highest BCUT2D eigenvalue weighted by atomic mass is 35.5. The second-order valence-electron chi connectivity index (χ2n) is 3.62. The number of nitrogens with one attached hydrogen (secondary N) is 2. The van der Waals surface area contributed by atoms with Gasteiger partial charge in [-0.3, -0.25) is 0 Å². The van der Waals surface area contributed by atoms with Gasteiger partial charge in [0.25, 0.3) is 0 Å². The second-order valence-corrected chi connectivity index (χ2v) is 3.62. The van der Waals surface area contributed by atoms with Gasteiger partial charge in [-0.2, -0.15) is 0 Å². The number of rotatable bonds is 1. The van der Waals surface area contributed by atoms with E-state index in [2.05, 4.69) is 16.4 Å². The molecule has 0 radical (unpaired) electrons. The molecule has 1 saturated heterocycles. The summed E-state index contributed by atoms with van der Waals surface area (Å²) in [6.07, 6.45) is 1.56. The lowest BCUT2D eigenvalue weighted by molar-refractivity contribution is 0.177.